The van der Waals surface area contributed by atoms with Gasteiger partial charge in [0.15, 0.2) is 0 Å². The van der Waals surface area contributed by atoms with Crippen molar-refractivity contribution in [3.8, 4) is 0 Å². The van der Waals surface area contributed by atoms with Gasteiger partial charge in [-0.25, -0.2) is 4.98 Å². The third kappa shape index (κ3) is 3.18. The van der Waals surface area contributed by atoms with E-state index < -0.39 is 0 Å². The molecule has 0 radical (unpaired) electrons. The third-order valence-electron chi connectivity index (χ3n) is 2.26. The molecule has 0 bridgehead atoms. The second-order valence-electron chi connectivity index (χ2n) is 2.99. The Balaban J connectivity index is 0.000000720. The predicted molar refractivity (Wildman–Crippen MR) is 57.9 cm³/mol. The van der Waals surface area contributed by atoms with Crippen LogP contribution in [0.4, 0.5) is 0 Å². The number of rotatable bonds is 1. The molecular formula is C8H15Cl2N3. The zero-order valence-electron chi connectivity index (χ0n) is 7.35. The maximum atomic E-state index is 4.04. The number of nitrogens with one attached hydrogen (secondary N) is 1. The normalized spacial score (nSPS) is 17.2. The quantitative estimate of drug-likeness (QED) is 0.786. The zero-order valence-corrected chi connectivity index (χ0v) is 8.98. The van der Waals surface area contributed by atoms with E-state index in [0.29, 0.717) is 6.04 Å². The number of imidazole rings is 1. The summed E-state index contributed by atoms with van der Waals surface area (Å²) in [6, 6.07) is 0.679. The Hall–Kier alpha value is -0.250. The molecule has 0 atom stereocenters. The lowest BCUT2D eigenvalue weighted by atomic mass is 10.1. The Morgan fingerprint density at radius 1 is 1.23 bits per heavy atom. The predicted octanol–water partition coefficient (Wildman–Crippen LogP) is 1.65. The van der Waals surface area contributed by atoms with Gasteiger partial charge in [-0.1, -0.05) is 0 Å². The van der Waals surface area contributed by atoms with Crippen LogP contribution in [0.5, 0.6) is 0 Å². The summed E-state index contributed by atoms with van der Waals surface area (Å²) < 4.78 is 2.21. The molecule has 1 saturated heterocycles. The van der Waals surface area contributed by atoms with Gasteiger partial charge in [-0.05, 0) is 25.9 Å². The third-order valence-corrected chi connectivity index (χ3v) is 2.26. The highest BCUT2D eigenvalue weighted by Gasteiger charge is 2.12. The van der Waals surface area contributed by atoms with E-state index in [1.807, 2.05) is 12.5 Å². The fourth-order valence-corrected chi connectivity index (χ4v) is 1.59. The number of halogens is 2. The minimum atomic E-state index is 0. The van der Waals surface area contributed by atoms with Crippen LogP contribution < -0.4 is 5.32 Å². The Morgan fingerprint density at radius 2 is 1.92 bits per heavy atom. The lowest BCUT2D eigenvalue weighted by Gasteiger charge is -2.23. The van der Waals surface area contributed by atoms with Crippen LogP contribution in [0.15, 0.2) is 18.7 Å². The molecule has 0 aliphatic carbocycles. The molecule has 5 heteroatoms. The summed E-state index contributed by atoms with van der Waals surface area (Å²) in [5.74, 6) is 0. The summed E-state index contributed by atoms with van der Waals surface area (Å²) in [7, 11) is 0. The molecule has 1 fully saturated rings. The SMILES string of the molecule is Cl.Cl.c1cn(C2CCNCC2)cn1. The van der Waals surface area contributed by atoms with Crippen LogP contribution in [0, 0.1) is 0 Å². The number of piperidine rings is 1. The van der Waals surface area contributed by atoms with Crippen molar-refractivity contribution in [2.75, 3.05) is 13.1 Å². The van der Waals surface area contributed by atoms with Crippen LogP contribution in [0.3, 0.4) is 0 Å². The van der Waals surface area contributed by atoms with Crippen LogP contribution in [0.2, 0.25) is 0 Å². The molecular weight excluding hydrogens is 209 g/mol. The number of hydrogen-bond donors (Lipinski definition) is 1. The molecule has 3 nitrogen and oxygen atoms in total. The van der Waals surface area contributed by atoms with Crippen LogP contribution in [-0.4, -0.2) is 22.6 Å². The molecule has 0 spiro atoms. The number of hydrogen-bond acceptors (Lipinski definition) is 2. The topological polar surface area (TPSA) is 29.9 Å². The highest BCUT2D eigenvalue weighted by Crippen LogP contribution is 2.16. The van der Waals surface area contributed by atoms with Gasteiger partial charge in [0, 0.05) is 18.4 Å². The summed E-state index contributed by atoms with van der Waals surface area (Å²) in [4.78, 5) is 4.04. The van der Waals surface area contributed by atoms with Crippen molar-refractivity contribution >= 4 is 24.8 Å². The number of nitrogens with zero attached hydrogens (tertiary/aromatic N) is 2. The van der Waals surface area contributed by atoms with Crippen LogP contribution in [0.25, 0.3) is 0 Å². The van der Waals surface area contributed by atoms with Gasteiger partial charge in [0.05, 0.1) is 6.33 Å². The van der Waals surface area contributed by atoms with Crippen molar-refractivity contribution in [1.82, 2.24) is 14.9 Å². The van der Waals surface area contributed by atoms with Gasteiger partial charge in [-0.3, -0.25) is 0 Å². The van der Waals surface area contributed by atoms with Gasteiger partial charge in [0.2, 0.25) is 0 Å². The molecule has 1 N–H and O–H groups in total. The van der Waals surface area contributed by atoms with Crippen molar-refractivity contribution in [3.05, 3.63) is 18.7 Å². The lowest BCUT2D eigenvalue weighted by molar-refractivity contribution is 0.368. The average Bonchev–Trinajstić information content (AvgIpc) is 2.58. The summed E-state index contributed by atoms with van der Waals surface area (Å²) in [6.45, 7) is 2.28. The van der Waals surface area contributed by atoms with E-state index >= 15 is 0 Å². The molecule has 13 heavy (non-hydrogen) atoms. The maximum Gasteiger partial charge on any atom is 0.0948 e. The summed E-state index contributed by atoms with van der Waals surface area (Å²) in [6.07, 6.45) is 8.28. The standard InChI is InChI=1S/C8H13N3.2ClH/c1-3-9-4-2-8(1)11-6-5-10-7-11;;/h5-9H,1-4H2;2*1H. The number of aromatic nitrogens is 2. The Kier molecular flexibility index (Phi) is 6.12. The molecule has 0 aromatic carbocycles. The zero-order chi connectivity index (χ0) is 7.52. The first-order chi connectivity index (χ1) is 5.47. The molecule has 0 saturated carbocycles. The van der Waals surface area contributed by atoms with Gasteiger partial charge in [0.1, 0.15) is 0 Å². The van der Waals surface area contributed by atoms with Crippen molar-refractivity contribution in [1.29, 1.82) is 0 Å². The second kappa shape index (κ2) is 6.24. The first-order valence-electron chi connectivity index (χ1n) is 4.15. The van der Waals surface area contributed by atoms with Crippen molar-refractivity contribution in [2.24, 2.45) is 0 Å². The van der Waals surface area contributed by atoms with E-state index in [4.69, 9.17) is 0 Å². The smallest absolute Gasteiger partial charge is 0.0948 e. The van der Waals surface area contributed by atoms with Crippen molar-refractivity contribution in [3.63, 3.8) is 0 Å². The van der Waals surface area contributed by atoms with E-state index in [1.54, 1.807) is 0 Å². The van der Waals surface area contributed by atoms with E-state index in [-0.39, 0.29) is 24.8 Å². The minimum Gasteiger partial charge on any atom is -0.334 e. The molecule has 0 amide bonds. The second-order valence-corrected chi connectivity index (χ2v) is 2.99. The Bertz CT molecular complexity index is 207. The molecule has 2 rings (SSSR count). The lowest BCUT2D eigenvalue weighted by Crippen LogP contribution is -2.28. The fourth-order valence-electron chi connectivity index (χ4n) is 1.59. The first-order valence-corrected chi connectivity index (χ1v) is 4.15. The minimum absolute atomic E-state index is 0. The van der Waals surface area contributed by atoms with Gasteiger partial charge in [0.25, 0.3) is 0 Å². The van der Waals surface area contributed by atoms with Crippen molar-refractivity contribution < 1.29 is 0 Å². The van der Waals surface area contributed by atoms with Gasteiger partial charge in [-0.15, -0.1) is 24.8 Å². The maximum absolute atomic E-state index is 4.04. The molecule has 1 aromatic rings. The van der Waals surface area contributed by atoms with Crippen molar-refractivity contribution in [2.45, 2.75) is 18.9 Å². The molecule has 1 aromatic heterocycles. The monoisotopic (exact) mass is 223 g/mol. The summed E-state index contributed by atoms with van der Waals surface area (Å²) in [5.41, 5.74) is 0. The summed E-state index contributed by atoms with van der Waals surface area (Å²) in [5, 5.41) is 3.34. The Labute approximate surface area is 90.7 Å². The van der Waals surface area contributed by atoms with Gasteiger partial charge in [-0.2, -0.15) is 0 Å². The van der Waals surface area contributed by atoms with Crippen LogP contribution in [0.1, 0.15) is 18.9 Å². The van der Waals surface area contributed by atoms with E-state index in [2.05, 4.69) is 21.1 Å². The molecule has 76 valence electrons. The highest BCUT2D eigenvalue weighted by atomic mass is 35.5. The van der Waals surface area contributed by atoms with Crippen LogP contribution >= 0.6 is 24.8 Å². The van der Waals surface area contributed by atoms with Crippen LogP contribution in [-0.2, 0) is 0 Å². The molecule has 1 aliphatic heterocycles. The van der Waals surface area contributed by atoms with E-state index in [9.17, 15) is 0 Å². The summed E-state index contributed by atoms with van der Waals surface area (Å²) >= 11 is 0. The Morgan fingerprint density at radius 3 is 2.46 bits per heavy atom. The molecule has 0 unspecified atom stereocenters. The van der Waals surface area contributed by atoms with Gasteiger partial charge < -0.3 is 9.88 Å². The molecule has 1 aliphatic rings. The highest BCUT2D eigenvalue weighted by molar-refractivity contribution is 5.85. The van der Waals surface area contributed by atoms with E-state index in [1.165, 1.54) is 12.8 Å². The fraction of sp³-hybridized carbons (Fsp3) is 0.625. The molecule has 2 heterocycles. The van der Waals surface area contributed by atoms with E-state index in [0.717, 1.165) is 13.1 Å². The average molecular weight is 224 g/mol. The van der Waals surface area contributed by atoms with Gasteiger partial charge >= 0.3 is 0 Å². The largest absolute Gasteiger partial charge is 0.334 e. The first kappa shape index (κ1) is 12.8.